The van der Waals surface area contributed by atoms with Crippen LogP contribution in [-0.2, 0) is 33.3 Å². The Bertz CT molecular complexity index is 1790. The van der Waals surface area contributed by atoms with Crippen LogP contribution in [0, 0.1) is 0 Å². The van der Waals surface area contributed by atoms with E-state index in [0.717, 1.165) is 96.3 Å². The summed E-state index contributed by atoms with van der Waals surface area (Å²) >= 11 is 0. The maximum Gasteiger partial charge on any atom is 0.361 e. The van der Waals surface area contributed by atoms with Crippen molar-refractivity contribution in [3.63, 3.8) is 0 Å². The summed E-state index contributed by atoms with van der Waals surface area (Å²) < 4.78 is 23.0. The standard InChI is InChI=1S/C80H141NO8/c1-6-8-10-12-14-16-18-20-22-24-26-28-30-31-32-33-34-35-36-37-38-39-40-41-42-43-44-45-46-47-49-51-53-55-57-59-61-63-65-67-69-71-78(83)89-76(75-88-80(79(84)85)86-73-72-81(3,4)5)74-87-77(82)70-68-66-64-62-60-58-56-54-52-50-48-29-27-25-23-21-19-17-15-13-11-9-7-2/h8,10,14,16,19-22,25-28,31-32,48,50,76,80H,6-7,9,11-13,15,17-18,23-24,29-30,33-47,49,51-75H2,1-5H3/p+1/b10-8-,16-14-,21-19-,22-20-,27-25-,28-26-,32-31-,50-48-. The van der Waals surface area contributed by atoms with E-state index in [2.05, 4.69) is 111 Å². The van der Waals surface area contributed by atoms with Gasteiger partial charge < -0.3 is 28.5 Å². The van der Waals surface area contributed by atoms with Crippen LogP contribution in [0.25, 0.3) is 0 Å². The maximum absolute atomic E-state index is 13.0. The largest absolute Gasteiger partial charge is 0.477 e. The second-order valence-corrected chi connectivity index (χ2v) is 26.2. The average Bonchev–Trinajstić information content (AvgIpc) is 3.64. The van der Waals surface area contributed by atoms with Gasteiger partial charge in [0.15, 0.2) is 6.10 Å². The van der Waals surface area contributed by atoms with Gasteiger partial charge >= 0.3 is 17.9 Å². The molecule has 1 N–H and O–H groups in total. The average molecular weight is 1250 g/mol. The molecule has 2 unspecified atom stereocenters. The molecule has 0 aromatic rings. The van der Waals surface area contributed by atoms with E-state index in [-0.39, 0.29) is 32.2 Å². The van der Waals surface area contributed by atoms with Gasteiger partial charge in [0.05, 0.1) is 34.4 Å². The Morgan fingerprint density at radius 2 is 0.640 bits per heavy atom. The summed E-state index contributed by atoms with van der Waals surface area (Å²) in [5.74, 6) is -2.00. The minimum absolute atomic E-state index is 0.185. The highest BCUT2D eigenvalue weighted by atomic mass is 16.7. The zero-order valence-corrected chi connectivity index (χ0v) is 58.8. The topological polar surface area (TPSA) is 108 Å². The summed E-state index contributed by atoms with van der Waals surface area (Å²) in [6.07, 6.45) is 94.0. The van der Waals surface area contributed by atoms with E-state index in [1.807, 2.05) is 21.1 Å². The molecule has 0 rings (SSSR count). The van der Waals surface area contributed by atoms with E-state index < -0.39 is 24.3 Å². The lowest BCUT2D eigenvalue weighted by Crippen LogP contribution is -2.40. The maximum atomic E-state index is 13.0. The number of ether oxygens (including phenoxy) is 4. The summed E-state index contributed by atoms with van der Waals surface area (Å²) in [5.41, 5.74) is 0. The lowest BCUT2D eigenvalue weighted by Gasteiger charge is -2.25. The number of carbonyl (C=O) groups is 3. The number of rotatable bonds is 69. The third-order valence-corrected chi connectivity index (χ3v) is 16.3. The summed E-state index contributed by atoms with van der Waals surface area (Å²) in [5, 5.41) is 9.75. The number of carbonyl (C=O) groups excluding carboxylic acids is 2. The lowest BCUT2D eigenvalue weighted by molar-refractivity contribution is -0.870. The van der Waals surface area contributed by atoms with E-state index in [1.165, 1.54) is 212 Å². The van der Waals surface area contributed by atoms with Crippen molar-refractivity contribution in [3.05, 3.63) is 97.2 Å². The summed E-state index contributed by atoms with van der Waals surface area (Å²) in [6.45, 7) is 4.78. The van der Waals surface area contributed by atoms with Crippen LogP contribution in [0.1, 0.15) is 335 Å². The molecule has 2 atom stereocenters. The van der Waals surface area contributed by atoms with Crippen LogP contribution in [0.4, 0.5) is 0 Å². The first-order chi connectivity index (χ1) is 43.6. The second-order valence-electron chi connectivity index (χ2n) is 26.2. The molecular formula is C80H142NO8+. The lowest BCUT2D eigenvalue weighted by atomic mass is 10.0. The van der Waals surface area contributed by atoms with Gasteiger partial charge in [-0.1, -0.05) is 323 Å². The molecular weight excluding hydrogens is 1100 g/mol. The molecule has 0 saturated heterocycles. The number of hydrogen-bond donors (Lipinski definition) is 1. The highest BCUT2D eigenvalue weighted by Crippen LogP contribution is 2.18. The van der Waals surface area contributed by atoms with Crippen LogP contribution in [-0.4, -0.2) is 87.4 Å². The van der Waals surface area contributed by atoms with E-state index in [1.54, 1.807) is 0 Å². The van der Waals surface area contributed by atoms with Crippen molar-refractivity contribution in [1.29, 1.82) is 0 Å². The molecule has 0 saturated carbocycles. The molecule has 0 aliphatic heterocycles. The van der Waals surface area contributed by atoms with Crippen LogP contribution in [0.5, 0.6) is 0 Å². The SMILES string of the molecule is CC/C=C\C/C=C\C/C=C\C/C=C\C/C=C\CCCCCCCCCCCCCCCCCCCCCCCCCCCC(=O)OC(COC(=O)CCCCCCCCCC/C=C\C/C=C\C/C=C\CCCCCCC)COC(OCC[N+](C)(C)C)C(=O)O. The van der Waals surface area contributed by atoms with Crippen molar-refractivity contribution in [1.82, 2.24) is 0 Å². The Balaban J connectivity index is 4.00. The number of nitrogens with zero attached hydrogens (tertiary/aromatic N) is 1. The Hall–Kier alpha value is -3.79. The molecule has 9 heteroatoms. The number of aliphatic carboxylic acids is 1. The van der Waals surface area contributed by atoms with Crippen LogP contribution in [0.2, 0.25) is 0 Å². The van der Waals surface area contributed by atoms with Gasteiger partial charge in [-0.3, -0.25) is 9.59 Å². The zero-order valence-electron chi connectivity index (χ0n) is 58.8. The van der Waals surface area contributed by atoms with Crippen LogP contribution < -0.4 is 0 Å². The van der Waals surface area contributed by atoms with Crippen LogP contribution in [0.3, 0.4) is 0 Å². The minimum Gasteiger partial charge on any atom is -0.477 e. The fourth-order valence-electron chi connectivity index (χ4n) is 10.6. The molecule has 0 aliphatic carbocycles. The molecule has 0 bridgehead atoms. The molecule has 0 spiro atoms. The molecule has 89 heavy (non-hydrogen) atoms. The highest BCUT2D eigenvalue weighted by Gasteiger charge is 2.25. The zero-order chi connectivity index (χ0) is 64.7. The van der Waals surface area contributed by atoms with Crippen LogP contribution >= 0.6 is 0 Å². The quantitative estimate of drug-likeness (QED) is 0.0211. The van der Waals surface area contributed by atoms with Gasteiger partial charge in [0, 0.05) is 12.8 Å². The third-order valence-electron chi connectivity index (χ3n) is 16.3. The predicted molar refractivity (Wildman–Crippen MR) is 382 cm³/mol. The molecule has 0 amide bonds. The summed E-state index contributed by atoms with van der Waals surface area (Å²) in [7, 11) is 5.98. The molecule has 0 fully saturated rings. The Labute approximate surface area is 550 Å². The van der Waals surface area contributed by atoms with Gasteiger partial charge in [-0.15, -0.1) is 0 Å². The molecule has 0 heterocycles. The van der Waals surface area contributed by atoms with Crippen molar-refractivity contribution in [2.24, 2.45) is 0 Å². The number of unbranched alkanes of at least 4 members (excludes halogenated alkanes) is 38. The molecule has 514 valence electrons. The minimum atomic E-state index is -1.51. The van der Waals surface area contributed by atoms with Crippen molar-refractivity contribution < 1.29 is 42.9 Å². The van der Waals surface area contributed by atoms with Crippen molar-refractivity contribution >= 4 is 17.9 Å². The summed E-state index contributed by atoms with van der Waals surface area (Å²) in [6, 6.07) is 0. The monoisotopic (exact) mass is 1250 g/mol. The van der Waals surface area contributed by atoms with E-state index in [0.29, 0.717) is 17.4 Å². The van der Waals surface area contributed by atoms with Gasteiger partial charge in [0.2, 0.25) is 0 Å². The number of esters is 2. The number of allylic oxidation sites excluding steroid dienone is 16. The number of likely N-dealkylation sites (N-methyl/N-ethyl adjacent to an activating group) is 1. The van der Waals surface area contributed by atoms with Gasteiger partial charge in [-0.2, -0.15) is 0 Å². The van der Waals surface area contributed by atoms with Gasteiger partial charge in [-0.05, 0) is 96.3 Å². The van der Waals surface area contributed by atoms with Gasteiger partial charge in [0.1, 0.15) is 13.2 Å². The Morgan fingerprint density at radius 3 is 0.955 bits per heavy atom. The van der Waals surface area contributed by atoms with Gasteiger partial charge in [-0.25, -0.2) is 4.79 Å². The smallest absolute Gasteiger partial charge is 0.361 e. The van der Waals surface area contributed by atoms with Crippen LogP contribution in [0.15, 0.2) is 97.2 Å². The Kier molecular flexibility index (Phi) is 67.1. The first-order valence-electron chi connectivity index (χ1n) is 37.4. The highest BCUT2D eigenvalue weighted by molar-refractivity contribution is 5.71. The normalized spacial score (nSPS) is 13.2. The van der Waals surface area contributed by atoms with E-state index >= 15 is 0 Å². The molecule has 0 aromatic heterocycles. The van der Waals surface area contributed by atoms with Gasteiger partial charge in [0.25, 0.3) is 6.29 Å². The summed E-state index contributed by atoms with van der Waals surface area (Å²) in [4.78, 5) is 37.6. The van der Waals surface area contributed by atoms with Crippen molar-refractivity contribution in [3.8, 4) is 0 Å². The number of carboxylic acids is 1. The second kappa shape index (κ2) is 70.1. The van der Waals surface area contributed by atoms with E-state index in [9.17, 15) is 19.5 Å². The number of carboxylic acid groups (broad SMARTS) is 1. The fourth-order valence-corrected chi connectivity index (χ4v) is 10.6. The molecule has 0 aliphatic rings. The third kappa shape index (κ3) is 71.5. The van der Waals surface area contributed by atoms with Crippen molar-refractivity contribution in [2.45, 2.75) is 347 Å². The molecule has 0 radical (unpaired) electrons. The first kappa shape index (κ1) is 85.2. The first-order valence-corrected chi connectivity index (χ1v) is 37.4. The molecule has 0 aromatic carbocycles. The van der Waals surface area contributed by atoms with Crippen molar-refractivity contribution in [2.75, 3.05) is 47.5 Å². The molecule has 9 nitrogen and oxygen atoms in total. The Morgan fingerprint density at radius 1 is 0.348 bits per heavy atom. The fraction of sp³-hybridized carbons (Fsp3) is 0.762. The number of hydrogen-bond acceptors (Lipinski definition) is 7. The van der Waals surface area contributed by atoms with E-state index in [4.69, 9.17) is 18.9 Å². The predicted octanol–water partition coefficient (Wildman–Crippen LogP) is 23.6. The number of quaternary nitrogens is 1.